The van der Waals surface area contributed by atoms with Crippen LogP contribution in [0.4, 0.5) is 10.5 Å². The van der Waals surface area contributed by atoms with Crippen LogP contribution in [0.3, 0.4) is 0 Å². The quantitative estimate of drug-likeness (QED) is 0.265. The Morgan fingerprint density at radius 3 is 2.39 bits per heavy atom. The molecule has 1 aromatic rings. The van der Waals surface area contributed by atoms with Gasteiger partial charge in [-0.3, -0.25) is 19.7 Å². The van der Waals surface area contributed by atoms with Crippen LogP contribution in [-0.4, -0.2) is 68.2 Å². The van der Waals surface area contributed by atoms with Crippen LogP contribution in [0.25, 0.3) is 0 Å². The van der Waals surface area contributed by atoms with Gasteiger partial charge in [-0.2, -0.15) is 0 Å². The standard InChI is InChI=1S/C22H30N2O11S/c1-12-13(2)20(33-15(4)26)21(35-19(12)14(3)25)34-18-7-6-16(10-17(18)24(28)29)11-32-22(27)23-8-9-36(5,30)31/h6-7,10,12-13,19-21H,8-9,11H2,1-5H3,(H,23,27)/t12-,13-,19?,20?,21+/m0/s1. The van der Waals surface area contributed by atoms with Gasteiger partial charge in [0.2, 0.25) is 6.29 Å². The van der Waals surface area contributed by atoms with E-state index < -0.39 is 51.0 Å². The number of hydrogen-bond donors (Lipinski definition) is 1. The lowest BCUT2D eigenvalue weighted by Crippen LogP contribution is -2.55. The van der Waals surface area contributed by atoms with Gasteiger partial charge in [-0.15, -0.1) is 0 Å². The molecule has 0 aromatic heterocycles. The molecule has 0 spiro atoms. The summed E-state index contributed by atoms with van der Waals surface area (Å²) in [6.07, 6.45) is -2.93. The fraction of sp³-hybridized carbons (Fsp3) is 0.591. The minimum Gasteiger partial charge on any atom is -0.456 e. The molecular formula is C22H30N2O11S. The van der Waals surface area contributed by atoms with Crippen molar-refractivity contribution in [3.63, 3.8) is 0 Å². The third-order valence-corrected chi connectivity index (χ3v) is 6.60. The lowest BCUT2D eigenvalue weighted by molar-refractivity contribution is -0.386. The van der Waals surface area contributed by atoms with Crippen molar-refractivity contribution in [2.75, 3.05) is 18.6 Å². The Bertz CT molecular complexity index is 1110. The predicted octanol–water partition coefficient (Wildman–Crippen LogP) is 1.76. The number of alkyl carbamates (subject to hydrolysis) is 1. The third-order valence-electron chi connectivity index (χ3n) is 5.65. The Kier molecular flexibility index (Phi) is 9.76. The molecule has 200 valence electrons. The van der Waals surface area contributed by atoms with Crippen LogP contribution in [0.2, 0.25) is 0 Å². The van der Waals surface area contributed by atoms with Crippen molar-refractivity contribution in [3.8, 4) is 5.75 Å². The normalized spacial score (nSPS) is 23.9. The number of ether oxygens (including phenoxy) is 4. The molecule has 1 amide bonds. The van der Waals surface area contributed by atoms with Crippen molar-refractivity contribution in [1.29, 1.82) is 0 Å². The zero-order chi connectivity index (χ0) is 27.2. The van der Waals surface area contributed by atoms with Crippen LogP contribution in [0.15, 0.2) is 18.2 Å². The summed E-state index contributed by atoms with van der Waals surface area (Å²) in [7, 11) is -3.26. The second-order valence-corrected chi connectivity index (χ2v) is 10.9. The van der Waals surface area contributed by atoms with E-state index >= 15 is 0 Å². The number of carbonyl (C=O) groups excluding carboxylic acids is 3. The van der Waals surface area contributed by atoms with E-state index in [1.165, 1.54) is 26.0 Å². The average Bonchev–Trinajstić information content (AvgIpc) is 2.76. The topological polar surface area (TPSA) is 177 Å². The van der Waals surface area contributed by atoms with Crippen molar-refractivity contribution < 1.29 is 46.7 Å². The van der Waals surface area contributed by atoms with Gasteiger partial charge >= 0.3 is 17.7 Å². The van der Waals surface area contributed by atoms with Crippen LogP contribution in [0, 0.1) is 22.0 Å². The number of sulfone groups is 1. The molecule has 1 aromatic carbocycles. The number of esters is 1. The van der Waals surface area contributed by atoms with Crippen LogP contribution >= 0.6 is 0 Å². The summed E-state index contributed by atoms with van der Waals surface area (Å²) in [5, 5.41) is 14.0. The van der Waals surface area contributed by atoms with Gasteiger partial charge in [-0.05, 0) is 24.5 Å². The minimum atomic E-state index is -3.26. The number of rotatable bonds is 10. The van der Waals surface area contributed by atoms with Gasteiger partial charge < -0.3 is 24.3 Å². The van der Waals surface area contributed by atoms with E-state index in [1.54, 1.807) is 13.8 Å². The van der Waals surface area contributed by atoms with E-state index in [0.717, 1.165) is 12.3 Å². The smallest absolute Gasteiger partial charge is 0.407 e. The molecule has 1 aliphatic heterocycles. The molecule has 2 unspecified atom stereocenters. The molecule has 1 aliphatic rings. The number of ketones is 1. The SMILES string of the molecule is CC(=O)OC1[C@H](Oc2ccc(COC(=O)NCCS(C)(=O)=O)cc2[N+](=O)[O-])OC(C(C)=O)[C@@H](C)[C@@H]1C. The maximum Gasteiger partial charge on any atom is 0.407 e. The molecule has 5 atom stereocenters. The molecule has 0 aliphatic carbocycles. The van der Waals surface area contributed by atoms with Crippen LogP contribution in [0.5, 0.6) is 5.75 Å². The summed E-state index contributed by atoms with van der Waals surface area (Å²) in [5.41, 5.74) is -0.207. The molecule has 0 radical (unpaired) electrons. The molecule has 1 fully saturated rings. The van der Waals surface area contributed by atoms with Gasteiger partial charge in [0.15, 0.2) is 17.6 Å². The average molecular weight is 531 g/mol. The number of nitro groups is 1. The van der Waals surface area contributed by atoms with Crippen LogP contribution in [-0.2, 0) is 40.2 Å². The van der Waals surface area contributed by atoms with E-state index in [0.29, 0.717) is 0 Å². The monoisotopic (exact) mass is 530 g/mol. The van der Waals surface area contributed by atoms with Crippen molar-refractivity contribution in [1.82, 2.24) is 5.32 Å². The molecule has 14 heteroatoms. The van der Waals surface area contributed by atoms with E-state index in [9.17, 15) is 32.9 Å². The largest absolute Gasteiger partial charge is 0.456 e. The Morgan fingerprint density at radius 1 is 1.17 bits per heavy atom. The Labute approximate surface area is 208 Å². The first-order chi connectivity index (χ1) is 16.7. The van der Waals surface area contributed by atoms with Gasteiger partial charge in [0.05, 0.1) is 10.7 Å². The first-order valence-corrected chi connectivity index (χ1v) is 13.1. The first kappa shape index (κ1) is 29.0. The summed E-state index contributed by atoms with van der Waals surface area (Å²) in [4.78, 5) is 46.5. The first-order valence-electron chi connectivity index (χ1n) is 11.0. The van der Waals surface area contributed by atoms with E-state index in [2.05, 4.69) is 5.32 Å². The Morgan fingerprint density at radius 2 is 1.83 bits per heavy atom. The summed E-state index contributed by atoms with van der Waals surface area (Å²) in [5.74, 6) is -1.98. The molecule has 0 saturated carbocycles. The van der Waals surface area contributed by atoms with E-state index in [4.69, 9.17) is 18.9 Å². The summed E-state index contributed by atoms with van der Waals surface area (Å²) < 4.78 is 44.1. The number of benzene rings is 1. The number of nitro benzene ring substituents is 1. The number of nitrogens with one attached hydrogen (secondary N) is 1. The molecule has 1 heterocycles. The molecule has 1 saturated heterocycles. The zero-order valence-corrected chi connectivity index (χ0v) is 21.4. The maximum atomic E-state index is 12.1. The summed E-state index contributed by atoms with van der Waals surface area (Å²) >= 11 is 0. The lowest BCUT2D eigenvalue weighted by atomic mass is 9.82. The Hall–Kier alpha value is -3.26. The summed E-state index contributed by atoms with van der Waals surface area (Å²) in [6.45, 7) is 5.63. The highest BCUT2D eigenvalue weighted by Crippen LogP contribution is 2.37. The van der Waals surface area contributed by atoms with Gasteiger partial charge in [0.25, 0.3) is 0 Å². The summed E-state index contributed by atoms with van der Waals surface area (Å²) in [6, 6.07) is 3.83. The second-order valence-electron chi connectivity index (χ2n) is 8.64. The highest BCUT2D eigenvalue weighted by atomic mass is 32.2. The molecule has 2 rings (SSSR count). The lowest BCUT2D eigenvalue weighted by Gasteiger charge is -2.42. The van der Waals surface area contributed by atoms with Crippen LogP contribution in [0.1, 0.15) is 33.3 Å². The second kappa shape index (κ2) is 12.1. The van der Waals surface area contributed by atoms with Crippen molar-refractivity contribution in [2.24, 2.45) is 11.8 Å². The van der Waals surface area contributed by atoms with E-state index in [1.807, 2.05) is 0 Å². The minimum absolute atomic E-state index is 0.145. The zero-order valence-electron chi connectivity index (χ0n) is 20.6. The molecule has 13 nitrogen and oxygen atoms in total. The molecule has 36 heavy (non-hydrogen) atoms. The number of hydrogen-bond acceptors (Lipinski definition) is 11. The molecular weight excluding hydrogens is 500 g/mol. The number of nitrogens with zero attached hydrogens (tertiary/aromatic N) is 1. The highest BCUT2D eigenvalue weighted by molar-refractivity contribution is 7.90. The van der Waals surface area contributed by atoms with E-state index in [-0.39, 0.29) is 47.8 Å². The van der Waals surface area contributed by atoms with Gasteiger partial charge in [-0.1, -0.05) is 19.9 Å². The van der Waals surface area contributed by atoms with Gasteiger partial charge in [0, 0.05) is 31.7 Å². The highest BCUT2D eigenvalue weighted by Gasteiger charge is 2.46. The number of Topliss-reactive ketones (excluding diaryl/α,β-unsaturated/α-hetero) is 1. The number of carbonyl (C=O) groups is 3. The number of amides is 1. The fourth-order valence-corrected chi connectivity index (χ4v) is 4.12. The van der Waals surface area contributed by atoms with Crippen molar-refractivity contribution >= 4 is 33.4 Å². The predicted molar refractivity (Wildman–Crippen MR) is 125 cm³/mol. The van der Waals surface area contributed by atoms with Crippen LogP contribution < -0.4 is 10.1 Å². The third kappa shape index (κ3) is 8.16. The van der Waals surface area contributed by atoms with Crippen molar-refractivity contribution in [3.05, 3.63) is 33.9 Å². The van der Waals surface area contributed by atoms with Crippen molar-refractivity contribution in [2.45, 2.75) is 52.8 Å². The Balaban J connectivity index is 2.18. The van der Waals surface area contributed by atoms with Gasteiger partial charge in [-0.25, -0.2) is 13.2 Å². The fourth-order valence-electron chi connectivity index (χ4n) is 3.64. The molecule has 1 N–H and O–H groups in total. The van der Waals surface area contributed by atoms with Gasteiger partial charge in [0.1, 0.15) is 22.5 Å². The maximum absolute atomic E-state index is 12.1. The molecule has 0 bridgehead atoms.